The lowest BCUT2D eigenvalue weighted by Gasteiger charge is -2.14. The maximum Gasteiger partial charge on any atom is 0.168 e. The van der Waals surface area contributed by atoms with Gasteiger partial charge in [0.25, 0.3) is 0 Å². The Labute approximate surface area is 122 Å². The molecule has 0 saturated carbocycles. The van der Waals surface area contributed by atoms with Crippen LogP contribution in [0.5, 0.6) is 0 Å². The zero-order valence-electron chi connectivity index (χ0n) is 11.3. The van der Waals surface area contributed by atoms with Gasteiger partial charge in [0, 0.05) is 4.88 Å². The SMILES string of the molecule is CC(C)CNC(C)c1nnnn1Cc1ccc(Cl)s1. The second-order valence-corrected chi connectivity index (χ2v) is 6.72. The molecule has 0 radical (unpaired) electrons. The van der Waals surface area contributed by atoms with Crippen LogP contribution in [0.2, 0.25) is 4.34 Å². The van der Waals surface area contributed by atoms with Crippen LogP contribution >= 0.6 is 22.9 Å². The quantitative estimate of drug-likeness (QED) is 0.891. The van der Waals surface area contributed by atoms with Crippen molar-refractivity contribution in [3.05, 3.63) is 27.2 Å². The zero-order valence-corrected chi connectivity index (χ0v) is 12.9. The van der Waals surface area contributed by atoms with E-state index in [9.17, 15) is 0 Å². The number of rotatable bonds is 6. The van der Waals surface area contributed by atoms with E-state index in [1.165, 1.54) is 0 Å². The molecule has 2 aromatic rings. The summed E-state index contributed by atoms with van der Waals surface area (Å²) in [5, 5.41) is 15.4. The van der Waals surface area contributed by atoms with Gasteiger partial charge in [0.1, 0.15) is 0 Å². The molecule has 0 spiro atoms. The van der Waals surface area contributed by atoms with Gasteiger partial charge < -0.3 is 5.32 Å². The largest absolute Gasteiger partial charge is 0.307 e. The Balaban J connectivity index is 2.04. The summed E-state index contributed by atoms with van der Waals surface area (Å²) < 4.78 is 2.61. The predicted molar refractivity (Wildman–Crippen MR) is 77.5 cm³/mol. The van der Waals surface area contributed by atoms with Crippen molar-refractivity contribution in [2.24, 2.45) is 5.92 Å². The van der Waals surface area contributed by atoms with Gasteiger partial charge in [-0.1, -0.05) is 25.4 Å². The minimum absolute atomic E-state index is 0.132. The smallest absolute Gasteiger partial charge is 0.168 e. The van der Waals surface area contributed by atoms with E-state index < -0.39 is 0 Å². The van der Waals surface area contributed by atoms with E-state index in [-0.39, 0.29) is 6.04 Å². The second-order valence-electron chi connectivity index (χ2n) is 4.92. The van der Waals surface area contributed by atoms with Crippen LogP contribution in [0, 0.1) is 5.92 Å². The van der Waals surface area contributed by atoms with E-state index >= 15 is 0 Å². The summed E-state index contributed by atoms with van der Waals surface area (Å²) in [6.45, 7) is 8.03. The maximum absolute atomic E-state index is 5.93. The van der Waals surface area contributed by atoms with Crippen LogP contribution in [0.1, 0.15) is 37.5 Å². The molecule has 0 saturated heterocycles. The molecule has 104 valence electrons. The first-order valence-corrected chi connectivity index (χ1v) is 7.49. The monoisotopic (exact) mass is 299 g/mol. The minimum atomic E-state index is 0.132. The van der Waals surface area contributed by atoms with Gasteiger partial charge >= 0.3 is 0 Å². The standard InChI is InChI=1S/C12H18ClN5S/c1-8(2)6-14-9(3)12-15-16-17-18(12)7-10-4-5-11(13)19-10/h4-5,8-9,14H,6-7H2,1-3H3. The van der Waals surface area contributed by atoms with Crippen molar-refractivity contribution in [1.29, 1.82) is 0 Å². The number of nitrogens with zero attached hydrogens (tertiary/aromatic N) is 4. The van der Waals surface area contributed by atoms with Gasteiger partial charge in [-0.05, 0) is 41.9 Å². The van der Waals surface area contributed by atoms with Gasteiger partial charge in [0.15, 0.2) is 5.82 Å². The number of hydrogen-bond donors (Lipinski definition) is 1. The van der Waals surface area contributed by atoms with Gasteiger partial charge in [0.05, 0.1) is 16.9 Å². The molecule has 0 aliphatic heterocycles. The Morgan fingerprint density at radius 1 is 1.37 bits per heavy atom. The van der Waals surface area contributed by atoms with Crippen LogP contribution < -0.4 is 5.32 Å². The van der Waals surface area contributed by atoms with Gasteiger partial charge in [-0.15, -0.1) is 16.4 Å². The normalized spacial score (nSPS) is 13.1. The van der Waals surface area contributed by atoms with Crippen molar-refractivity contribution in [3.63, 3.8) is 0 Å². The first-order valence-electron chi connectivity index (χ1n) is 6.30. The molecule has 0 fully saturated rings. The fourth-order valence-corrected chi connectivity index (χ4v) is 2.79. The summed E-state index contributed by atoms with van der Waals surface area (Å²) in [5.41, 5.74) is 0. The van der Waals surface area contributed by atoms with Gasteiger partial charge in [-0.25, -0.2) is 4.68 Å². The molecular formula is C12H18ClN5S. The van der Waals surface area contributed by atoms with E-state index in [4.69, 9.17) is 11.6 Å². The number of thiophene rings is 1. The third-order valence-electron chi connectivity index (χ3n) is 2.71. The molecule has 0 aliphatic rings. The molecule has 2 aromatic heterocycles. The third kappa shape index (κ3) is 3.99. The first kappa shape index (κ1) is 14.4. The van der Waals surface area contributed by atoms with Crippen molar-refractivity contribution in [1.82, 2.24) is 25.5 Å². The molecule has 5 nitrogen and oxygen atoms in total. The van der Waals surface area contributed by atoms with Crippen molar-refractivity contribution < 1.29 is 0 Å². The van der Waals surface area contributed by atoms with Gasteiger partial charge in [0.2, 0.25) is 0 Å². The number of halogens is 1. The summed E-state index contributed by atoms with van der Waals surface area (Å²) in [6.07, 6.45) is 0. The topological polar surface area (TPSA) is 55.6 Å². The lowest BCUT2D eigenvalue weighted by atomic mass is 10.2. The molecule has 1 N–H and O–H groups in total. The third-order valence-corrected chi connectivity index (χ3v) is 3.93. The lowest BCUT2D eigenvalue weighted by Crippen LogP contribution is -2.26. The van der Waals surface area contributed by atoms with E-state index in [0.717, 1.165) is 21.6 Å². The molecule has 2 rings (SSSR count). The van der Waals surface area contributed by atoms with Crippen LogP contribution in [-0.4, -0.2) is 26.8 Å². The summed E-state index contributed by atoms with van der Waals surface area (Å²) in [6, 6.07) is 4.03. The van der Waals surface area contributed by atoms with E-state index in [1.807, 2.05) is 16.8 Å². The summed E-state index contributed by atoms with van der Waals surface area (Å²) in [4.78, 5) is 1.15. The Bertz CT molecular complexity index is 522. The Morgan fingerprint density at radius 2 is 2.16 bits per heavy atom. The highest BCUT2D eigenvalue weighted by atomic mass is 35.5. The van der Waals surface area contributed by atoms with Crippen molar-refractivity contribution >= 4 is 22.9 Å². The van der Waals surface area contributed by atoms with E-state index in [2.05, 4.69) is 41.6 Å². The number of nitrogens with one attached hydrogen (secondary N) is 1. The molecular weight excluding hydrogens is 282 g/mol. The molecule has 1 atom stereocenters. The molecule has 7 heteroatoms. The van der Waals surface area contributed by atoms with E-state index in [0.29, 0.717) is 12.5 Å². The Morgan fingerprint density at radius 3 is 2.79 bits per heavy atom. The van der Waals surface area contributed by atoms with Crippen LogP contribution in [0.25, 0.3) is 0 Å². The molecule has 2 heterocycles. The predicted octanol–water partition coefficient (Wildman–Crippen LogP) is 2.74. The highest BCUT2D eigenvalue weighted by molar-refractivity contribution is 7.16. The molecule has 1 unspecified atom stereocenters. The Hall–Kier alpha value is -0.980. The molecule has 0 aromatic carbocycles. The number of hydrogen-bond acceptors (Lipinski definition) is 5. The minimum Gasteiger partial charge on any atom is -0.307 e. The summed E-state index contributed by atoms with van der Waals surface area (Å²) in [7, 11) is 0. The Kier molecular flexibility index (Phi) is 4.90. The van der Waals surface area contributed by atoms with Crippen LogP contribution in [0.15, 0.2) is 12.1 Å². The lowest BCUT2D eigenvalue weighted by molar-refractivity contribution is 0.462. The van der Waals surface area contributed by atoms with Gasteiger partial charge in [-0.2, -0.15) is 0 Å². The average Bonchev–Trinajstić information content (AvgIpc) is 2.96. The van der Waals surface area contributed by atoms with E-state index in [1.54, 1.807) is 11.3 Å². The highest BCUT2D eigenvalue weighted by Gasteiger charge is 2.15. The zero-order chi connectivity index (χ0) is 13.8. The van der Waals surface area contributed by atoms with Crippen LogP contribution in [0.3, 0.4) is 0 Å². The molecule has 0 aliphatic carbocycles. The van der Waals surface area contributed by atoms with Crippen LogP contribution in [-0.2, 0) is 6.54 Å². The fraction of sp³-hybridized carbons (Fsp3) is 0.583. The summed E-state index contributed by atoms with van der Waals surface area (Å²) in [5.74, 6) is 1.45. The highest BCUT2D eigenvalue weighted by Crippen LogP contribution is 2.22. The molecule has 19 heavy (non-hydrogen) atoms. The average molecular weight is 300 g/mol. The van der Waals surface area contributed by atoms with Gasteiger partial charge in [-0.3, -0.25) is 0 Å². The maximum atomic E-state index is 5.93. The molecule has 0 bridgehead atoms. The summed E-state index contributed by atoms with van der Waals surface area (Å²) >= 11 is 7.49. The van der Waals surface area contributed by atoms with Crippen molar-refractivity contribution in [2.45, 2.75) is 33.4 Å². The number of tetrazole rings is 1. The van der Waals surface area contributed by atoms with Crippen molar-refractivity contribution in [2.75, 3.05) is 6.54 Å². The second kappa shape index (κ2) is 6.45. The fourth-order valence-electron chi connectivity index (χ4n) is 1.72. The molecule has 0 amide bonds. The van der Waals surface area contributed by atoms with Crippen molar-refractivity contribution in [3.8, 4) is 0 Å². The number of aromatic nitrogens is 4. The first-order chi connectivity index (χ1) is 9.06. The van der Waals surface area contributed by atoms with Crippen LogP contribution in [0.4, 0.5) is 0 Å².